The second kappa shape index (κ2) is 11.1. The maximum atomic E-state index is 14.6. The molecule has 0 aliphatic heterocycles. The zero-order chi connectivity index (χ0) is 34.7. The quantitative estimate of drug-likeness (QED) is 0.189. The smallest absolute Gasteiger partial charge is 0.307 e. The summed E-state index contributed by atoms with van der Waals surface area (Å²) in [7, 11) is 0. The number of benzene rings is 6. The number of fused-ring (bicyclic) bond motifs is 6. The van der Waals surface area contributed by atoms with E-state index in [1.807, 2.05) is 69.8 Å². The lowest BCUT2D eigenvalue weighted by atomic mass is 9.90. The van der Waals surface area contributed by atoms with E-state index in [-0.39, 0.29) is 22.3 Å². The van der Waals surface area contributed by atoms with Gasteiger partial charge in [-0.05, 0) is 72.8 Å². The van der Waals surface area contributed by atoms with Crippen LogP contribution in [0.1, 0.15) is 27.8 Å². The second-order valence-electron chi connectivity index (χ2n) is 11.7. The summed E-state index contributed by atoms with van der Waals surface area (Å²) in [4.78, 5) is 0. The SMILES string of the molecule is N#Cc1ccc2c(c1)c1ccccc1n2-c1cc(C#N)c(-c2c(C#N)cccc2C(F)(F)F)cc1-n1c2ccccc2c2cc(C#N)ccc21. The zero-order valence-electron chi connectivity index (χ0n) is 25.8. The van der Waals surface area contributed by atoms with E-state index >= 15 is 0 Å². The fraction of sp³-hybridized carbons (Fsp3) is 0.0244. The Hall–Kier alpha value is -7.33. The van der Waals surface area contributed by atoms with Gasteiger partial charge >= 0.3 is 6.18 Å². The van der Waals surface area contributed by atoms with Crippen molar-refractivity contribution in [2.45, 2.75) is 6.18 Å². The van der Waals surface area contributed by atoms with Crippen molar-refractivity contribution in [1.29, 1.82) is 21.0 Å². The van der Waals surface area contributed by atoms with Crippen LogP contribution in [-0.4, -0.2) is 9.13 Å². The molecule has 0 aliphatic rings. The zero-order valence-corrected chi connectivity index (χ0v) is 25.8. The number of aromatic nitrogens is 2. The maximum Gasteiger partial charge on any atom is 0.417 e. The van der Waals surface area contributed by atoms with Crippen molar-refractivity contribution in [2.75, 3.05) is 0 Å². The second-order valence-corrected chi connectivity index (χ2v) is 11.7. The molecule has 8 rings (SSSR count). The molecule has 0 saturated heterocycles. The van der Waals surface area contributed by atoms with Crippen LogP contribution in [0.2, 0.25) is 0 Å². The fourth-order valence-corrected chi connectivity index (χ4v) is 7.01. The van der Waals surface area contributed by atoms with Crippen molar-refractivity contribution < 1.29 is 13.2 Å². The van der Waals surface area contributed by atoms with Gasteiger partial charge in [0.2, 0.25) is 0 Å². The van der Waals surface area contributed by atoms with Crippen molar-refractivity contribution >= 4 is 43.6 Å². The molecule has 6 aromatic carbocycles. The number of nitrogens with zero attached hydrogens (tertiary/aromatic N) is 6. The van der Waals surface area contributed by atoms with Crippen LogP contribution in [0.4, 0.5) is 13.2 Å². The molecule has 2 heterocycles. The molecule has 6 nitrogen and oxygen atoms in total. The summed E-state index contributed by atoms with van der Waals surface area (Å²) >= 11 is 0. The predicted octanol–water partition coefficient (Wildman–Crippen LogP) is 10.1. The third-order valence-electron chi connectivity index (χ3n) is 9.08. The van der Waals surface area contributed by atoms with Gasteiger partial charge in [-0.25, -0.2) is 0 Å². The minimum atomic E-state index is -4.82. The summed E-state index contributed by atoms with van der Waals surface area (Å²) in [5.74, 6) is 0. The van der Waals surface area contributed by atoms with Gasteiger partial charge in [0.15, 0.2) is 0 Å². The average Bonchev–Trinajstić information content (AvgIpc) is 3.65. The maximum absolute atomic E-state index is 14.6. The molecule has 234 valence electrons. The molecule has 0 amide bonds. The van der Waals surface area contributed by atoms with Crippen LogP contribution in [0.15, 0.2) is 115 Å². The van der Waals surface area contributed by atoms with Gasteiger partial charge in [0.1, 0.15) is 0 Å². The van der Waals surface area contributed by atoms with E-state index in [0.717, 1.165) is 33.1 Å². The van der Waals surface area contributed by atoms with E-state index < -0.39 is 11.7 Å². The molecule has 9 heteroatoms. The molecule has 0 bridgehead atoms. The van der Waals surface area contributed by atoms with Gasteiger partial charge in [-0.15, -0.1) is 0 Å². The van der Waals surface area contributed by atoms with Gasteiger partial charge in [0.05, 0.1) is 85.5 Å². The van der Waals surface area contributed by atoms with E-state index in [0.29, 0.717) is 39.1 Å². The molecular weight excluding hydrogens is 633 g/mol. The molecule has 0 spiro atoms. The van der Waals surface area contributed by atoms with Crippen LogP contribution in [0, 0.1) is 45.3 Å². The number of halogens is 3. The third kappa shape index (κ3) is 4.40. The van der Waals surface area contributed by atoms with E-state index in [1.54, 1.807) is 42.5 Å². The average molecular weight is 653 g/mol. The van der Waals surface area contributed by atoms with Crippen molar-refractivity contribution in [3.8, 4) is 46.8 Å². The summed E-state index contributed by atoms with van der Waals surface area (Å²) in [5, 5.41) is 43.3. The monoisotopic (exact) mass is 652 g/mol. The van der Waals surface area contributed by atoms with Crippen LogP contribution in [0.5, 0.6) is 0 Å². The number of para-hydroxylation sites is 2. The highest BCUT2D eigenvalue weighted by molar-refractivity contribution is 6.12. The molecule has 0 fully saturated rings. The Kier molecular flexibility index (Phi) is 6.69. The van der Waals surface area contributed by atoms with Crippen LogP contribution >= 0.6 is 0 Å². The number of alkyl halides is 3. The summed E-state index contributed by atoms with van der Waals surface area (Å²) in [6, 6.07) is 40.6. The predicted molar refractivity (Wildman–Crippen MR) is 184 cm³/mol. The first-order valence-electron chi connectivity index (χ1n) is 15.3. The van der Waals surface area contributed by atoms with Gasteiger partial charge in [0.25, 0.3) is 0 Å². The minimum Gasteiger partial charge on any atom is -0.307 e. The molecule has 0 atom stereocenters. The fourth-order valence-electron chi connectivity index (χ4n) is 7.01. The van der Waals surface area contributed by atoms with Crippen molar-refractivity contribution in [1.82, 2.24) is 9.13 Å². The van der Waals surface area contributed by atoms with Crippen LogP contribution in [0.25, 0.3) is 66.1 Å². The number of rotatable bonds is 3. The first kappa shape index (κ1) is 30.0. The highest BCUT2D eigenvalue weighted by atomic mass is 19.4. The van der Waals surface area contributed by atoms with E-state index in [1.165, 1.54) is 12.1 Å². The lowest BCUT2D eigenvalue weighted by molar-refractivity contribution is -0.137. The Bertz CT molecular complexity index is 2920. The normalized spacial score (nSPS) is 11.4. The Balaban J connectivity index is 1.61. The van der Waals surface area contributed by atoms with Gasteiger partial charge in [-0.2, -0.15) is 34.2 Å². The molecular formula is C41H19F3N6. The van der Waals surface area contributed by atoms with Gasteiger partial charge in [-0.3, -0.25) is 0 Å². The Morgan fingerprint density at radius 2 is 0.960 bits per heavy atom. The number of hydrogen-bond donors (Lipinski definition) is 0. The standard InChI is InChI=1S/C41H19F3N6/c42-41(43,44)33-9-5-6-26(22-47)40(33)30-19-39(50-35-11-4-2-8-29(35)32-17-25(21-46)13-15-37(32)50)38(18-27(30)23-48)49-34-10-3-1-7-28(34)31-16-24(20-45)12-14-36(31)49/h1-19H. The lowest BCUT2D eigenvalue weighted by Gasteiger charge is -2.21. The third-order valence-corrected chi connectivity index (χ3v) is 9.08. The van der Waals surface area contributed by atoms with Crippen LogP contribution in [0.3, 0.4) is 0 Å². The molecule has 50 heavy (non-hydrogen) atoms. The number of nitriles is 4. The highest BCUT2D eigenvalue weighted by Gasteiger charge is 2.36. The minimum absolute atomic E-state index is 0.0529. The number of hydrogen-bond acceptors (Lipinski definition) is 4. The summed E-state index contributed by atoms with van der Waals surface area (Å²) < 4.78 is 47.7. The first-order chi connectivity index (χ1) is 24.3. The summed E-state index contributed by atoms with van der Waals surface area (Å²) in [6.45, 7) is 0. The highest BCUT2D eigenvalue weighted by Crippen LogP contribution is 2.44. The first-order valence-corrected chi connectivity index (χ1v) is 15.3. The molecule has 0 saturated carbocycles. The van der Waals surface area contributed by atoms with Crippen molar-refractivity contribution in [2.24, 2.45) is 0 Å². The van der Waals surface area contributed by atoms with Crippen molar-refractivity contribution in [3.05, 3.63) is 143 Å². The molecule has 8 aromatic rings. The van der Waals surface area contributed by atoms with E-state index in [4.69, 9.17) is 0 Å². The molecule has 0 N–H and O–H groups in total. The Morgan fingerprint density at radius 1 is 0.460 bits per heavy atom. The molecule has 2 aromatic heterocycles. The van der Waals surface area contributed by atoms with Gasteiger partial charge in [0, 0.05) is 32.7 Å². The summed E-state index contributed by atoms with van der Waals surface area (Å²) in [6.07, 6.45) is -4.82. The van der Waals surface area contributed by atoms with Gasteiger partial charge < -0.3 is 9.13 Å². The van der Waals surface area contributed by atoms with Gasteiger partial charge in [-0.1, -0.05) is 42.5 Å². The van der Waals surface area contributed by atoms with Crippen molar-refractivity contribution in [3.63, 3.8) is 0 Å². The topological polar surface area (TPSA) is 105 Å². The van der Waals surface area contributed by atoms with E-state index in [2.05, 4.69) is 18.2 Å². The Labute approximate surface area is 282 Å². The summed E-state index contributed by atoms with van der Waals surface area (Å²) in [5.41, 5.74) is 2.90. The van der Waals surface area contributed by atoms with E-state index in [9.17, 15) is 34.2 Å². The molecule has 0 radical (unpaired) electrons. The van der Waals surface area contributed by atoms with Crippen LogP contribution < -0.4 is 0 Å². The van der Waals surface area contributed by atoms with Crippen LogP contribution in [-0.2, 0) is 6.18 Å². The largest absolute Gasteiger partial charge is 0.417 e. The lowest BCUT2D eigenvalue weighted by Crippen LogP contribution is -2.10. The Morgan fingerprint density at radius 3 is 1.46 bits per heavy atom. The molecule has 0 unspecified atom stereocenters. The molecule has 0 aliphatic carbocycles.